The quantitative estimate of drug-likeness (QED) is 0.405. The molecule has 0 saturated heterocycles. The van der Waals surface area contributed by atoms with Gasteiger partial charge in [-0.2, -0.15) is 0 Å². The van der Waals surface area contributed by atoms with Gasteiger partial charge >= 0.3 is 0 Å². The second-order valence-corrected chi connectivity index (χ2v) is 9.64. The summed E-state index contributed by atoms with van der Waals surface area (Å²) in [5.74, 6) is 4.71. The van der Waals surface area contributed by atoms with Gasteiger partial charge in [-0.3, -0.25) is 14.9 Å². The van der Waals surface area contributed by atoms with Gasteiger partial charge in [-0.05, 0) is 37.1 Å². The number of carbonyl (C=O) groups excluding carboxylic acids is 2. The number of imidazole rings is 1. The van der Waals surface area contributed by atoms with Gasteiger partial charge in [-0.25, -0.2) is 19.3 Å². The zero-order valence-electron chi connectivity index (χ0n) is 19.4. The van der Waals surface area contributed by atoms with Gasteiger partial charge < -0.3 is 15.2 Å². The summed E-state index contributed by atoms with van der Waals surface area (Å²) in [4.78, 5) is 41.1. The summed E-state index contributed by atoms with van der Waals surface area (Å²) in [5, 5.41) is 4.95. The first-order chi connectivity index (χ1) is 18.0. The first-order valence-corrected chi connectivity index (χ1v) is 12.5. The van der Waals surface area contributed by atoms with Gasteiger partial charge in [0.25, 0.3) is 11.8 Å². The summed E-state index contributed by atoms with van der Waals surface area (Å²) in [6.45, 7) is 0.745. The third-order valence-corrected chi connectivity index (χ3v) is 7.11. The SMILES string of the molecule is Nc1ccc(C#Cc2cc(F)c3c(c2)C(=O)N(C(C(=O)Nc2nccs2)c2ncn4c2CCC4)C3)cn1. The van der Waals surface area contributed by atoms with Crippen molar-refractivity contribution in [3.63, 3.8) is 0 Å². The summed E-state index contributed by atoms with van der Waals surface area (Å²) < 4.78 is 17.2. The maximum atomic E-state index is 15.2. The van der Waals surface area contributed by atoms with Crippen LogP contribution in [-0.2, 0) is 24.3 Å². The molecule has 5 heterocycles. The number of thiazole rings is 1. The molecule has 3 N–H and O–H groups in total. The number of hydrogen-bond donors (Lipinski definition) is 2. The molecule has 2 amide bonds. The Hall–Kier alpha value is -4.56. The standard InChI is InChI=1S/C26H20FN7O2S/c27-19-11-16(4-3-15-5-6-21(28)30-12-15)10-17-18(19)13-34(25(17)36)23(24(35)32-26-29-7-9-37-26)22-20-2-1-8-33(20)14-31-22/h5-7,9-12,14,23H,1-2,8,13H2,(H2,28,30)(H,29,32,35). The number of rotatable bonds is 4. The van der Waals surface area contributed by atoms with E-state index in [0.717, 1.165) is 25.1 Å². The molecule has 0 radical (unpaired) electrons. The number of halogens is 1. The van der Waals surface area contributed by atoms with E-state index in [1.807, 2.05) is 4.57 Å². The van der Waals surface area contributed by atoms with Gasteiger partial charge in [0.1, 0.15) is 11.6 Å². The van der Waals surface area contributed by atoms with Gasteiger partial charge in [-0.1, -0.05) is 11.8 Å². The molecule has 4 aromatic rings. The largest absolute Gasteiger partial charge is 0.384 e. The maximum Gasteiger partial charge on any atom is 0.255 e. The van der Waals surface area contributed by atoms with Crippen LogP contribution in [0.2, 0.25) is 0 Å². The van der Waals surface area contributed by atoms with Crippen molar-refractivity contribution in [2.75, 3.05) is 11.1 Å². The lowest BCUT2D eigenvalue weighted by Gasteiger charge is -2.26. The van der Waals surface area contributed by atoms with Crippen LogP contribution < -0.4 is 11.1 Å². The molecule has 6 rings (SSSR count). The molecule has 3 aromatic heterocycles. The molecule has 37 heavy (non-hydrogen) atoms. The molecule has 0 aliphatic carbocycles. The van der Waals surface area contributed by atoms with Gasteiger partial charge in [0.15, 0.2) is 11.2 Å². The molecule has 0 saturated carbocycles. The van der Waals surface area contributed by atoms with E-state index < -0.39 is 23.7 Å². The van der Waals surface area contributed by atoms with E-state index in [9.17, 15) is 9.59 Å². The number of fused-ring (bicyclic) bond motifs is 2. The van der Waals surface area contributed by atoms with E-state index in [1.165, 1.54) is 28.5 Å². The molecular formula is C26H20FN7O2S. The molecule has 0 fully saturated rings. The van der Waals surface area contributed by atoms with Crippen LogP contribution in [-0.4, -0.2) is 36.2 Å². The maximum absolute atomic E-state index is 15.2. The molecule has 1 atom stereocenters. The van der Waals surface area contributed by atoms with Crippen molar-refractivity contribution in [3.05, 3.63) is 87.8 Å². The lowest BCUT2D eigenvalue weighted by atomic mass is 10.1. The zero-order valence-corrected chi connectivity index (χ0v) is 20.3. The molecule has 0 spiro atoms. The number of amides is 2. The van der Waals surface area contributed by atoms with Crippen LogP contribution in [0.15, 0.2) is 48.4 Å². The van der Waals surface area contributed by atoms with E-state index in [2.05, 4.69) is 32.1 Å². The molecule has 2 aliphatic heterocycles. The number of nitrogens with two attached hydrogens (primary N) is 1. The average Bonchev–Trinajstić information content (AvgIpc) is 3.67. The van der Waals surface area contributed by atoms with Crippen molar-refractivity contribution in [2.45, 2.75) is 32.0 Å². The predicted molar refractivity (Wildman–Crippen MR) is 135 cm³/mol. The predicted octanol–water partition coefficient (Wildman–Crippen LogP) is 3.14. The van der Waals surface area contributed by atoms with Gasteiger partial charge in [0, 0.05) is 52.3 Å². The Morgan fingerprint density at radius 2 is 2.05 bits per heavy atom. The Balaban J connectivity index is 1.35. The first kappa shape index (κ1) is 22.9. The summed E-state index contributed by atoms with van der Waals surface area (Å²) in [6.07, 6.45) is 6.47. The normalized spacial score (nSPS) is 14.6. The van der Waals surface area contributed by atoms with Crippen molar-refractivity contribution < 1.29 is 14.0 Å². The van der Waals surface area contributed by atoms with Crippen molar-refractivity contribution in [1.29, 1.82) is 0 Å². The number of hydrogen-bond acceptors (Lipinski definition) is 7. The zero-order chi connectivity index (χ0) is 25.5. The monoisotopic (exact) mass is 513 g/mol. The molecule has 184 valence electrons. The number of anilines is 2. The Bertz CT molecular complexity index is 1590. The van der Waals surface area contributed by atoms with Crippen LogP contribution in [0.5, 0.6) is 0 Å². The molecule has 11 heteroatoms. The number of benzene rings is 1. The number of carbonyl (C=O) groups is 2. The van der Waals surface area contributed by atoms with Gasteiger partial charge in [-0.15, -0.1) is 11.3 Å². The van der Waals surface area contributed by atoms with Crippen molar-refractivity contribution >= 4 is 34.1 Å². The molecule has 2 aliphatic rings. The second kappa shape index (κ2) is 9.15. The lowest BCUT2D eigenvalue weighted by Crippen LogP contribution is -2.38. The summed E-state index contributed by atoms with van der Waals surface area (Å²) in [5.41, 5.74) is 8.38. The van der Waals surface area contributed by atoms with Crippen molar-refractivity contribution in [1.82, 2.24) is 24.4 Å². The van der Waals surface area contributed by atoms with Crippen molar-refractivity contribution in [2.24, 2.45) is 0 Å². The van der Waals surface area contributed by atoms with Gasteiger partial charge in [0.05, 0.1) is 18.6 Å². The Kier molecular flexibility index (Phi) is 5.65. The average molecular weight is 514 g/mol. The van der Waals surface area contributed by atoms with Crippen LogP contribution in [0.3, 0.4) is 0 Å². The third kappa shape index (κ3) is 4.21. The smallest absolute Gasteiger partial charge is 0.255 e. The van der Waals surface area contributed by atoms with E-state index in [-0.39, 0.29) is 17.7 Å². The Morgan fingerprint density at radius 1 is 1.19 bits per heavy atom. The number of nitrogens with zero attached hydrogens (tertiary/aromatic N) is 5. The molecule has 1 aromatic carbocycles. The fraction of sp³-hybridized carbons (Fsp3) is 0.192. The Labute approximate surface area is 215 Å². The van der Waals surface area contributed by atoms with Crippen LogP contribution in [0, 0.1) is 17.7 Å². The van der Waals surface area contributed by atoms with E-state index in [0.29, 0.717) is 27.8 Å². The number of nitrogens with one attached hydrogen (secondary N) is 1. The third-order valence-electron chi connectivity index (χ3n) is 6.43. The topological polar surface area (TPSA) is 119 Å². The van der Waals surface area contributed by atoms with E-state index >= 15 is 4.39 Å². The van der Waals surface area contributed by atoms with Gasteiger partial charge in [0.2, 0.25) is 0 Å². The fourth-order valence-corrected chi connectivity index (χ4v) is 5.23. The highest BCUT2D eigenvalue weighted by atomic mass is 32.1. The minimum atomic E-state index is -1.03. The molecule has 9 nitrogen and oxygen atoms in total. The molecule has 0 bridgehead atoms. The highest BCUT2D eigenvalue weighted by Gasteiger charge is 2.42. The number of nitrogen functional groups attached to an aromatic ring is 1. The summed E-state index contributed by atoms with van der Waals surface area (Å²) >= 11 is 1.27. The summed E-state index contributed by atoms with van der Waals surface area (Å²) in [6, 6.07) is 5.16. The van der Waals surface area contributed by atoms with E-state index in [1.54, 1.807) is 36.1 Å². The molecular weight excluding hydrogens is 493 g/mol. The highest BCUT2D eigenvalue weighted by Crippen LogP contribution is 2.36. The van der Waals surface area contributed by atoms with Crippen LogP contribution in [0.25, 0.3) is 0 Å². The fourth-order valence-electron chi connectivity index (χ4n) is 4.69. The minimum absolute atomic E-state index is 0.0577. The van der Waals surface area contributed by atoms with Crippen LogP contribution >= 0.6 is 11.3 Å². The number of pyridine rings is 1. The first-order valence-electron chi connectivity index (χ1n) is 11.6. The number of aromatic nitrogens is 4. The van der Waals surface area contributed by atoms with Crippen LogP contribution in [0.4, 0.5) is 15.3 Å². The molecule has 1 unspecified atom stereocenters. The second-order valence-electron chi connectivity index (χ2n) is 8.74. The van der Waals surface area contributed by atoms with E-state index in [4.69, 9.17) is 5.73 Å². The highest BCUT2D eigenvalue weighted by molar-refractivity contribution is 7.13. The Morgan fingerprint density at radius 3 is 2.84 bits per heavy atom. The number of aryl methyl sites for hydroxylation is 1. The minimum Gasteiger partial charge on any atom is -0.384 e. The van der Waals surface area contributed by atoms with Crippen LogP contribution in [0.1, 0.15) is 50.9 Å². The summed E-state index contributed by atoms with van der Waals surface area (Å²) in [7, 11) is 0. The lowest BCUT2D eigenvalue weighted by molar-refractivity contribution is -0.121. The van der Waals surface area contributed by atoms with Crippen molar-refractivity contribution in [3.8, 4) is 11.8 Å².